The molecule has 2 amide bonds. The van der Waals surface area contributed by atoms with Gasteiger partial charge in [0.2, 0.25) is 0 Å². The highest BCUT2D eigenvalue weighted by Gasteiger charge is 2.36. The van der Waals surface area contributed by atoms with Gasteiger partial charge in [-0.1, -0.05) is 41.9 Å². The van der Waals surface area contributed by atoms with Crippen LogP contribution in [-0.2, 0) is 4.79 Å². The number of hydrogen-bond donors (Lipinski definition) is 0. The standard InChI is InChI=1S/C22H17ClN2O2S/c1-14-12-16(15(2)24(14)19-11-7-6-10-18(19)23)13-20-21(26)25(22(27)28-20)17-8-4-3-5-9-17/h3-13H,1-2H3/b20-13+. The van der Waals surface area contributed by atoms with Crippen molar-refractivity contribution < 1.29 is 9.59 Å². The molecule has 0 aliphatic carbocycles. The number of anilines is 1. The van der Waals surface area contributed by atoms with Crippen LogP contribution in [0.25, 0.3) is 11.8 Å². The number of imide groups is 1. The van der Waals surface area contributed by atoms with Gasteiger partial charge in [-0.3, -0.25) is 9.59 Å². The van der Waals surface area contributed by atoms with E-state index >= 15 is 0 Å². The number of hydrogen-bond acceptors (Lipinski definition) is 3. The molecule has 2 heterocycles. The Bertz CT molecular complexity index is 1120. The van der Waals surface area contributed by atoms with Gasteiger partial charge in [0.1, 0.15) is 0 Å². The highest BCUT2D eigenvalue weighted by Crippen LogP contribution is 2.36. The van der Waals surface area contributed by atoms with Crippen molar-refractivity contribution in [2.24, 2.45) is 0 Å². The molecule has 1 aromatic heterocycles. The molecule has 140 valence electrons. The summed E-state index contributed by atoms with van der Waals surface area (Å²) in [6.45, 7) is 3.97. The molecule has 4 nitrogen and oxygen atoms in total. The first-order valence-corrected chi connectivity index (χ1v) is 9.93. The number of thioether (sulfide) groups is 1. The minimum absolute atomic E-state index is 0.289. The van der Waals surface area contributed by atoms with Gasteiger partial charge in [0, 0.05) is 11.4 Å². The lowest BCUT2D eigenvalue weighted by Crippen LogP contribution is -2.27. The monoisotopic (exact) mass is 408 g/mol. The molecule has 0 radical (unpaired) electrons. The molecule has 0 bridgehead atoms. The van der Waals surface area contributed by atoms with Crippen molar-refractivity contribution in [3.63, 3.8) is 0 Å². The Morgan fingerprint density at radius 2 is 1.64 bits per heavy atom. The lowest BCUT2D eigenvalue weighted by Gasteiger charge is -2.12. The fourth-order valence-electron chi connectivity index (χ4n) is 3.35. The second kappa shape index (κ2) is 7.34. The van der Waals surface area contributed by atoms with Crippen LogP contribution in [0.15, 0.2) is 65.6 Å². The first kappa shape index (κ1) is 18.6. The van der Waals surface area contributed by atoms with Crippen molar-refractivity contribution in [1.29, 1.82) is 0 Å². The third-order valence-corrected chi connectivity index (χ3v) is 5.85. The Hall–Kier alpha value is -2.76. The number of rotatable bonds is 3. The second-order valence-electron chi connectivity index (χ2n) is 6.47. The van der Waals surface area contributed by atoms with Crippen LogP contribution in [0.4, 0.5) is 10.5 Å². The molecule has 0 spiro atoms. The van der Waals surface area contributed by atoms with Crippen LogP contribution in [0.1, 0.15) is 17.0 Å². The molecule has 3 aromatic rings. The lowest BCUT2D eigenvalue weighted by molar-refractivity contribution is -0.113. The molecule has 0 N–H and O–H groups in total. The maximum absolute atomic E-state index is 12.8. The smallest absolute Gasteiger partial charge is 0.298 e. The van der Waals surface area contributed by atoms with E-state index in [1.54, 1.807) is 30.3 Å². The average molecular weight is 409 g/mol. The molecule has 0 atom stereocenters. The number of carbonyl (C=O) groups excluding carboxylic acids is 2. The molecular weight excluding hydrogens is 392 g/mol. The number of aryl methyl sites for hydroxylation is 1. The zero-order valence-electron chi connectivity index (χ0n) is 15.3. The zero-order chi connectivity index (χ0) is 19.8. The van der Waals surface area contributed by atoms with Crippen molar-refractivity contribution in [1.82, 2.24) is 4.57 Å². The predicted molar refractivity (Wildman–Crippen MR) is 115 cm³/mol. The second-order valence-corrected chi connectivity index (χ2v) is 7.87. The van der Waals surface area contributed by atoms with Gasteiger partial charge >= 0.3 is 0 Å². The van der Waals surface area contributed by atoms with Crippen molar-refractivity contribution in [2.75, 3.05) is 4.90 Å². The summed E-state index contributed by atoms with van der Waals surface area (Å²) >= 11 is 7.32. The third kappa shape index (κ3) is 3.17. The molecule has 1 aliphatic rings. The van der Waals surface area contributed by atoms with Crippen LogP contribution in [0, 0.1) is 13.8 Å². The van der Waals surface area contributed by atoms with Gasteiger partial charge in [0.25, 0.3) is 11.1 Å². The van der Waals surface area contributed by atoms with E-state index in [-0.39, 0.29) is 11.1 Å². The summed E-state index contributed by atoms with van der Waals surface area (Å²) in [4.78, 5) is 26.9. The van der Waals surface area contributed by atoms with E-state index in [1.807, 2.05) is 50.2 Å². The molecule has 1 saturated heterocycles. The number of nitrogens with zero attached hydrogens (tertiary/aromatic N) is 2. The summed E-state index contributed by atoms with van der Waals surface area (Å²) in [5.74, 6) is -0.302. The van der Waals surface area contributed by atoms with Crippen molar-refractivity contribution >= 4 is 46.3 Å². The topological polar surface area (TPSA) is 42.3 Å². The zero-order valence-corrected chi connectivity index (χ0v) is 16.9. The van der Waals surface area contributed by atoms with Gasteiger partial charge < -0.3 is 4.57 Å². The van der Waals surface area contributed by atoms with Crippen molar-refractivity contribution in [3.8, 4) is 5.69 Å². The molecular formula is C22H17ClN2O2S. The molecule has 28 heavy (non-hydrogen) atoms. The van der Waals surface area contributed by atoms with Gasteiger partial charge in [-0.15, -0.1) is 0 Å². The number of amides is 2. The van der Waals surface area contributed by atoms with Gasteiger partial charge in [-0.2, -0.15) is 0 Å². The lowest BCUT2D eigenvalue weighted by atomic mass is 10.2. The molecule has 0 saturated carbocycles. The number of carbonyl (C=O) groups is 2. The summed E-state index contributed by atoms with van der Waals surface area (Å²) < 4.78 is 2.05. The van der Waals surface area contributed by atoms with E-state index in [2.05, 4.69) is 4.57 Å². The Balaban J connectivity index is 1.73. The van der Waals surface area contributed by atoms with Gasteiger partial charge in [0.15, 0.2) is 0 Å². The highest BCUT2D eigenvalue weighted by molar-refractivity contribution is 8.19. The number of para-hydroxylation sites is 2. The Labute approximate surface area is 172 Å². The van der Waals surface area contributed by atoms with E-state index in [1.165, 1.54) is 4.90 Å². The minimum atomic E-state index is -0.302. The molecule has 1 aliphatic heterocycles. The quantitative estimate of drug-likeness (QED) is 0.500. The largest absolute Gasteiger partial charge is 0.316 e. The van der Waals surface area contributed by atoms with Crippen molar-refractivity contribution in [3.05, 3.63) is 87.5 Å². The van der Waals surface area contributed by atoms with E-state index < -0.39 is 0 Å². The number of halogens is 1. The van der Waals surface area contributed by atoms with Crippen LogP contribution < -0.4 is 4.90 Å². The van der Waals surface area contributed by atoms with Gasteiger partial charge in [0.05, 0.1) is 21.3 Å². The van der Waals surface area contributed by atoms with Crippen LogP contribution in [0.3, 0.4) is 0 Å². The maximum atomic E-state index is 12.8. The van der Waals surface area contributed by atoms with Gasteiger partial charge in [-0.25, -0.2) is 4.90 Å². The fraction of sp³-hybridized carbons (Fsp3) is 0.0909. The van der Waals surface area contributed by atoms with Crippen LogP contribution in [0.5, 0.6) is 0 Å². The van der Waals surface area contributed by atoms with Gasteiger partial charge in [-0.05, 0) is 67.6 Å². The van der Waals surface area contributed by atoms with E-state index in [9.17, 15) is 9.59 Å². The summed E-state index contributed by atoms with van der Waals surface area (Å²) in [6.07, 6.45) is 1.78. The number of aromatic nitrogens is 1. The predicted octanol–water partition coefficient (Wildman–Crippen LogP) is 5.99. The molecule has 0 unspecified atom stereocenters. The summed E-state index contributed by atoms with van der Waals surface area (Å²) in [6, 6.07) is 18.6. The highest BCUT2D eigenvalue weighted by atomic mass is 35.5. The van der Waals surface area contributed by atoms with Crippen LogP contribution in [0.2, 0.25) is 5.02 Å². The minimum Gasteiger partial charge on any atom is -0.316 e. The normalized spacial score (nSPS) is 15.7. The van der Waals surface area contributed by atoms with E-state index in [4.69, 9.17) is 11.6 Å². The Kier molecular flexibility index (Phi) is 4.87. The average Bonchev–Trinajstić information content (AvgIpc) is 3.12. The molecule has 4 rings (SSSR count). The first-order valence-electron chi connectivity index (χ1n) is 8.74. The molecule has 2 aromatic carbocycles. The third-order valence-electron chi connectivity index (χ3n) is 4.66. The first-order chi connectivity index (χ1) is 13.5. The Morgan fingerprint density at radius 3 is 2.36 bits per heavy atom. The van der Waals surface area contributed by atoms with Crippen LogP contribution >= 0.6 is 23.4 Å². The number of benzene rings is 2. The maximum Gasteiger partial charge on any atom is 0.298 e. The molecule has 1 fully saturated rings. The SMILES string of the molecule is Cc1cc(/C=C2/SC(=O)N(c3ccccc3)C2=O)c(C)n1-c1ccccc1Cl. The fourth-order valence-corrected chi connectivity index (χ4v) is 4.40. The Morgan fingerprint density at radius 1 is 0.964 bits per heavy atom. The summed E-state index contributed by atoms with van der Waals surface area (Å²) in [5.41, 5.74) is 4.30. The van der Waals surface area contributed by atoms with Crippen molar-refractivity contribution in [2.45, 2.75) is 13.8 Å². The van der Waals surface area contributed by atoms with E-state index in [0.717, 1.165) is 34.4 Å². The van der Waals surface area contributed by atoms with E-state index in [0.29, 0.717) is 15.6 Å². The summed E-state index contributed by atoms with van der Waals surface area (Å²) in [7, 11) is 0. The van der Waals surface area contributed by atoms with Crippen LogP contribution in [-0.4, -0.2) is 15.7 Å². The summed E-state index contributed by atoms with van der Waals surface area (Å²) in [5, 5.41) is 0.364. The molecule has 6 heteroatoms.